The van der Waals surface area contributed by atoms with Gasteiger partial charge in [-0.15, -0.1) is 0 Å². The van der Waals surface area contributed by atoms with Gasteiger partial charge < -0.3 is 9.15 Å². The van der Waals surface area contributed by atoms with Crippen LogP contribution < -0.4 is 4.74 Å². The summed E-state index contributed by atoms with van der Waals surface area (Å²) < 4.78 is 37.8. The monoisotopic (exact) mass is 368 g/mol. The first-order valence-corrected chi connectivity index (χ1v) is 7.96. The highest BCUT2D eigenvalue weighted by Gasteiger charge is 2.16. The van der Waals surface area contributed by atoms with Crippen LogP contribution in [0.25, 0.3) is 22.7 Å². The second kappa shape index (κ2) is 6.31. The largest absolute Gasteiger partial charge is 0.421 e. The van der Waals surface area contributed by atoms with Crippen molar-refractivity contribution in [2.75, 3.05) is 0 Å². The number of fused-ring (bicyclic) bond motifs is 1. The lowest BCUT2D eigenvalue weighted by molar-refractivity contribution is 0.348. The third kappa shape index (κ3) is 3.05. The molecule has 1 radical (unpaired) electrons. The Kier molecular flexibility index (Phi) is 3.95. The molecule has 0 unspecified atom stereocenters. The predicted molar refractivity (Wildman–Crippen MR) is 91.1 cm³/mol. The van der Waals surface area contributed by atoms with Gasteiger partial charge in [-0.1, -0.05) is 6.07 Å². The molecule has 6 nitrogen and oxygen atoms in total. The number of rotatable bonds is 3. The molecule has 0 aliphatic carbocycles. The molecule has 0 spiro atoms. The highest BCUT2D eigenvalue weighted by atomic mass is 19.2. The summed E-state index contributed by atoms with van der Waals surface area (Å²) in [5.74, 6) is -2.29. The van der Waals surface area contributed by atoms with Crippen molar-refractivity contribution in [2.45, 2.75) is 13.8 Å². The van der Waals surface area contributed by atoms with Crippen LogP contribution in [-0.2, 0) is 5.11 Å². The molecule has 2 aromatic carbocycles. The average molecular weight is 368 g/mol. The maximum atomic E-state index is 13.7. The van der Waals surface area contributed by atoms with Gasteiger partial charge in [-0.2, -0.15) is 9.37 Å². The quantitative estimate of drug-likeness (QED) is 0.501. The molecule has 0 bridgehead atoms. The van der Waals surface area contributed by atoms with E-state index in [2.05, 4.69) is 15.0 Å². The molecular weight excluding hydrogens is 356 g/mol. The Bertz CT molecular complexity index is 1150. The Morgan fingerprint density at radius 1 is 1.07 bits per heavy atom. The minimum Gasteiger partial charge on any atom is -0.421 e. The van der Waals surface area contributed by atoms with Crippen LogP contribution in [0.3, 0.4) is 0 Å². The number of hydrogen-bond donors (Lipinski definition) is 0. The normalized spacial score (nSPS) is 11.1. The van der Waals surface area contributed by atoms with E-state index in [0.717, 1.165) is 6.07 Å². The standard InChI is InChI=1S/C19H12F2N3O3/c1-9-6-11(7-10(2)16(9)25)17-23-13-8-22-19(24-18(13)27-17)26-14-5-3-4-12(20)15(14)21/h3-8H,1-2H3. The molecule has 0 N–H and O–H groups in total. The first-order valence-electron chi connectivity index (χ1n) is 7.96. The van der Waals surface area contributed by atoms with Crippen molar-refractivity contribution >= 4 is 11.2 Å². The Morgan fingerprint density at radius 2 is 1.81 bits per heavy atom. The Balaban J connectivity index is 1.71. The Hall–Kier alpha value is -3.55. The molecule has 27 heavy (non-hydrogen) atoms. The molecule has 2 heterocycles. The SMILES string of the molecule is Cc1cc(-c2nc3cnc(Oc4cccc(F)c4F)nc3o2)cc(C)c1[O]. The van der Waals surface area contributed by atoms with Crippen LogP contribution in [0.2, 0.25) is 0 Å². The molecule has 0 atom stereocenters. The van der Waals surface area contributed by atoms with Crippen molar-refractivity contribution in [1.82, 2.24) is 15.0 Å². The predicted octanol–water partition coefficient (Wildman–Crippen LogP) is 5.12. The molecule has 8 heteroatoms. The van der Waals surface area contributed by atoms with E-state index in [0.29, 0.717) is 22.2 Å². The van der Waals surface area contributed by atoms with Crippen LogP contribution >= 0.6 is 0 Å². The van der Waals surface area contributed by atoms with E-state index in [1.54, 1.807) is 26.0 Å². The number of oxazole rings is 1. The van der Waals surface area contributed by atoms with Gasteiger partial charge in [0.05, 0.1) is 6.20 Å². The molecule has 0 amide bonds. The van der Waals surface area contributed by atoms with E-state index in [-0.39, 0.29) is 29.1 Å². The fraction of sp³-hybridized carbons (Fsp3) is 0.105. The van der Waals surface area contributed by atoms with E-state index in [9.17, 15) is 13.9 Å². The van der Waals surface area contributed by atoms with Crippen LogP contribution in [0.1, 0.15) is 11.1 Å². The van der Waals surface area contributed by atoms with Gasteiger partial charge in [-0.25, -0.2) is 14.4 Å². The van der Waals surface area contributed by atoms with Crippen LogP contribution in [0.5, 0.6) is 17.5 Å². The van der Waals surface area contributed by atoms with Crippen LogP contribution in [0.4, 0.5) is 8.78 Å². The van der Waals surface area contributed by atoms with E-state index < -0.39 is 11.6 Å². The molecule has 0 saturated carbocycles. The molecule has 2 aromatic heterocycles. The van der Waals surface area contributed by atoms with Gasteiger partial charge in [0, 0.05) is 5.56 Å². The molecule has 4 rings (SSSR count). The number of ether oxygens (including phenoxy) is 1. The molecule has 4 aromatic rings. The van der Waals surface area contributed by atoms with E-state index in [1.165, 1.54) is 18.3 Å². The zero-order chi connectivity index (χ0) is 19.1. The lowest BCUT2D eigenvalue weighted by atomic mass is 10.1. The zero-order valence-electron chi connectivity index (χ0n) is 14.3. The van der Waals surface area contributed by atoms with Gasteiger partial charge in [0.15, 0.2) is 17.3 Å². The summed E-state index contributed by atoms with van der Waals surface area (Å²) in [4.78, 5) is 12.3. The summed E-state index contributed by atoms with van der Waals surface area (Å²) in [5, 5.41) is 11.8. The van der Waals surface area contributed by atoms with Gasteiger partial charge in [0.25, 0.3) is 5.71 Å². The summed E-state index contributed by atoms with van der Waals surface area (Å²) in [7, 11) is 0. The number of halogens is 2. The van der Waals surface area contributed by atoms with E-state index in [4.69, 9.17) is 9.15 Å². The van der Waals surface area contributed by atoms with E-state index in [1.807, 2.05) is 0 Å². The highest BCUT2D eigenvalue weighted by molar-refractivity contribution is 5.72. The van der Waals surface area contributed by atoms with Crippen LogP contribution in [0.15, 0.2) is 40.9 Å². The van der Waals surface area contributed by atoms with Gasteiger partial charge in [-0.05, 0) is 49.2 Å². The smallest absolute Gasteiger partial charge is 0.325 e. The summed E-state index contributed by atoms with van der Waals surface area (Å²) in [6.45, 7) is 3.42. The fourth-order valence-corrected chi connectivity index (χ4v) is 2.63. The fourth-order valence-electron chi connectivity index (χ4n) is 2.63. The second-order valence-corrected chi connectivity index (χ2v) is 5.96. The van der Waals surface area contributed by atoms with Crippen molar-refractivity contribution < 1.29 is 23.0 Å². The third-order valence-electron chi connectivity index (χ3n) is 3.95. The first kappa shape index (κ1) is 16.9. The average Bonchev–Trinajstić information content (AvgIpc) is 3.06. The lowest BCUT2D eigenvalue weighted by Crippen LogP contribution is -1.95. The number of nitrogens with zero attached hydrogens (tertiary/aromatic N) is 3. The summed E-state index contributed by atoms with van der Waals surface area (Å²) in [5.41, 5.74) is 2.25. The van der Waals surface area contributed by atoms with Gasteiger partial charge >= 0.3 is 6.01 Å². The number of benzene rings is 2. The molecular formula is C19H12F2N3O3. The van der Waals surface area contributed by atoms with Crippen molar-refractivity contribution in [3.05, 3.63) is 59.3 Å². The third-order valence-corrected chi connectivity index (χ3v) is 3.95. The molecule has 135 valence electrons. The summed E-state index contributed by atoms with van der Waals surface area (Å²) >= 11 is 0. The number of hydrogen-bond acceptors (Lipinski definition) is 5. The number of aryl methyl sites for hydroxylation is 2. The summed E-state index contributed by atoms with van der Waals surface area (Å²) in [6, 6.07) is 6.68. The van der Waals surface area contributed by atoms with Crippen LogP contribution in [-0.4, -0.2) is 15.0 Å². The maximum Gasteiger partial charge on any atom is 0.325 e. The minimum atomic E-state index is -1.14. The Labute approximate surface area is 152 Å². The second-order valence-electron chi connectivity index (χ2n) is 5.96. The van der Waals surface area contributed by atoms with Crippen molar-refractivity contribution in [2.24, 2.45) is 0 Å². The van der Waals surface area contributed by atoms with E-state index >= 15 is 0 Å². The minimum absolute atomic E-state index is 0.0394. The molecule has 0 aliphatic rings. The molecule has 0 fully saturated rings. The van der Waals surface area contributed by atoms with Gasteiger partial charge in [0.1, 0.15) is 5.52 Å². The van der Waals surface area contributed by atoms with Gasteiger partial charge in [0.2, 0.25) is 11.7 Å². The molecule has 0 saturated heterocycles. The zero-order valence-corrected chi connectivity index (χ0v) is 14.3. The lowest BCUT2D eigenvalue weighted by Gasteiger charge is -2.04. The van der Waals surface area contributed by atoms with Crippen LogP contribution in [0, 0.1) is 25.5 Å². The highest BCUT2D eigenvalue weighted by Crippen LogP contribution is 2.31. The molecule has 0 aliphatic heterocycles. The van der Waals surface area contributed by atoms with Gasteiger partial charge in [-0.3, -0.25) is 5.11 Å². The van der Waals surface area contributed by atoms with Crippen molar-refractivity contribution in [3.63, 3.8) is 0 Å². The van der Waals surface area contributed by atoms with Crippen molar-refractivity contribution in [1.29, 1.82) is 0 Å². The number of aromatic nitrogens is 3. The Morgan fingerprint density at radius 3 is 2.56 bits per heavy atom. The summed E-state index contributed by atoms with van der Waals surface area (Å²) in [6.07, 6.45) is 1.35. The van der Waals surface area contributed by atoms with Crippen molar-refractivity contribution in [3.8, 4) is 29.0 Å². The maximum absolute atomic E-state index is 13.7. The first-order chi connectivity index (χ1) is 12.9. The topological polar surface area (TPSA) is 80.9 Å².